The van der Waals surface area contributed by atoms with Gasteiger partial charge >= 0.3 is 0 Å². The Morgan fingerprint density at radius 3 is 2.00 bits per heavy atom. The van der Waals surface area contributed by atoms with Gasteiger partial charge in [-0.3, -0.25) is 9.80 Å². The van der Waals surface area contributed by atoms with Crippen LogP contribution in [-0.4, -0.2) is 55.2 Å². The van der Waals surface area contributed by atoms with Gasteiger partial charge in [-0.05, 0) is 0 Å². The molecule has 3 rings (SSSR count). The van der Waals surface area contributed by atoms with Crippen molar-refractivity contribution < 1.29 is 9.47 Å². The predicted octanol–water partition coefficient (Wildman–Crippen LogP) is -0.726. The molecule has 0 N–H and O–H groups in total. The lowest BCUT2D eigenvalue weighted by Crippen LogP contribution is -2.34. The van der Waals surface area contributed by atoms with Crippen molar-refractivity contribution in [1.29, 1.82) is 0 Å². The van der Waals surface area contributed by atoms with Crippen LogP contribution in [0.2, 0.25) is 0 Å². The van der Waals surface area contributed by atoms with Crippen molar-refractivity contribution in [2.24, 2.45) is 0 Å². The van der Waals surface area contributed by atoms with Crippen molar-refractivity contribution in [3.8, 4) is 0 Å². The highest BCUT2D eigenvalue weighted by atomic mass is 16.6. The van der Waals surface area contributed by atoms with Crippen molar-refractivity contribution >= 4 is 0 Å². The van der Waals surface area contributed by atoms with E-state index in [-0.39, 0.29) is 0 Å². The molecule has 4 nitrogen and oxygen atoms in total. The number of ether oxygens (including phenoxy) is 2. The summed E-state index contributed by atoms with van der Waals surface area (Å²) in [5.74, 6) is 0. The fourth-order valence-electron chi connectivity index (χ4n) is 2.05. The summed E-state index contributed by atoms with van der Waals surface area (Å²) in [6, 6.07) is 0. The van der Waals surface area contributed by atoms with Gasteiger partial charge in [0.1, 0.15) is 13.5 Å². The summed E-state index contributed by atoms with van der Waals surface area (Å²) in [4.78, 5) is 4.65. The smallest absolute Gasteiger partial charge is 0.101 e. The van der Waals surface area contributed by atoms with E-state index in [1.165, 1.54) is 0 Å². The number of fused-ring (bicyclic) bond motifs is 5. The SMILES string of the molecule is C1O[C@H]2CN1CN1CO[C@H]2C1. The van der Waals surface area contributed by atoms with Gasteiger partial charge in [0.2, 0.25) is 0 Å². The molecule has 0 spiro atoms. The Balaban J connectivity index is 1.87. The van der Waals surface area contributed by atoms with Gasteiger partial charge in [0.05, 0.1) is 18.9 Å². The average Bonchev–Trinajstić information content (AvgIpc) is 2.48. The molecule has 3 aliphatic rings. The van der Waals surface area contributed by atoms with Crippen molar-refractivity contribution in [1.82, 2.24) is 9.80 Å². The number of nitrogens with zero attached hydrogens (tertiary/aromatic N) is 2. The molecule has 0 amide bonds. The predicted molar refractivity (Wildman–Crippen MR) is 37.8 cm³/mol. The van der Waals surface area contributed by atoms with Gasteiger partial charge in [0.15, 0.2) is 0 Å². The standard InChI is InChI=1S/C7H12N2O2/c1-6-7-2-9(5-11-7)3-8(1)4-10-6/h6-7H,1-5H2/t6-,7-/m0/s1. The summed E-state index contributed by atoms with van der Waals surface area (Å²) in [6.07, 6.45) is 0.671. The van der Waals surface area contributed by atoms with Gasteiger partial charge in [-0.1, -0.05) is 0 Å². The molecule has 2 unspecified atom stereocenters. The second-order valence-electron chi connectivity index (χ2n) is 3.52. The molecule has 0 saturated carbocycles. The zero-order valence-corrected chi connectivity index (χ0v) is 6.40. The first-order chi connectivity index (χ1) is 5.42. The van der Waals surface area contributed by atoms with E-state index in [0.717, 1.165) is 33.2 Å². The normalized spacial score (nSPS) is 54.5. The van der Waals surface area contributed by atoms with Crippen molar-refractivity contribution in [3.63, 3.8) is 0 Å². The Hall–Kier alpha value is -0.160. The third kappa shape index (κ3) is 0.906. The topological polar surface area (TPSA) is 24.9 Å². The molecule has 0 aromatic rings. The molecule has 3 saturated heterocycles. The molecular formula is C7H12N2O2. The van der Waals surface area contributed by atoms with Crippen LogP contribution in [-0.2, 0) is 9.47 Å². The third-order valence-electron chi connectivity index (χ3n) is 2.63. The van der Waals surface area contributed by atoms with Crippen molar-refractivity contribution in [2.75, 3.05) is 33.2 Å². The van der Waals surface area contributed by atoms with Crippen molar-refractivity contribution in [3.05, 3.63) is 0 Å². The van der Waals surface area contributed by atoms with Gasteiger partial charge in [-0.15, -0.1) is 0 Å². The van der Waals surface area contributed by atoms with E-state index in [9.17, 15) is 0 Å². The number of hydrogen-bond donors (Lipinski definition) is 0. The van der Waals surface area contributed by atoms with Crippen molar-refractivity contribution in [2.45, 2.75) is 12.2 Å². The highest BCUT2D eigenvalue weighted by Gasteiger charge is 2.40. The second-order valence-corrected chi connectivity index (χ2v) is 3.52. The van der Waals surface area contributed by atoms with E-state index in [4.69, 9.17) is 9.47 Å². The van der Waals surface area contributed by atoms with E-state index in [1.54, 1.807) is 0 Å². The fourth-order valence-corrected chi connectivity index (χ4v) is 2.05. The minimum absolute atomic E-state index is 0.336. The fraction of sp³-hybridized carbons (Fsp3) is 1.00. The third-order valence-corrected chi connectivity index (χ3v) is 2.63. The molecule has 4 atom stereocenters. The minimum Gasteiger partial charge on any atom is -0.359 e. The van der Waals surface area contributed by atoms with E-state index >= 15 is 0 Å². The first-order valence-electron chi connectivity index (χ1n) is 4.10. The summed E-state index contributed by atoms with van der Waals surface area (Å²) >= 11 is 0. The maximum Gasteiger partial charge on any atom is 0.101 e. The summed E-state index contributed by atoms with van der Waals surface area (Å²) in [7, 11) is 0. The molecule has 4 bridgehead atoms. The van der Waals surface area contributed by atoms with Crippen LogP contribution >= 0.6 is 0 Å². The molecule has 4 heteroatoms. The van der Waals surface area contributed by atoms with Crippen LogP contribution in [0.15, 0.2) is 0 Å². The summed E-state index contributed by atoms with van der Waals surface area (Å²) < 4.78 is 11.1. The number of rotatable bonds is 0. The largest absolute Gasteiger partial charge is 0.359 e. The number of hydrogen-bond acceptors (Lipinski definition) is 4. The van der Waals surface area contributed by atoms with Crippen LogP contribution in [0.4, 0.5) is 0 Å². The van der Waals surface area contributed by atoms with Gasteiger partial charge in [-0.25, -0.2) is 0 Å². The Kier molecular flexibility index (Phi) is 1.25. The maximum atomic E-state index is 5.56. The first kappa shape index (κ1) is 6.37. The van der Waals surface area contributed by atoms with Crippen LogP contribution in [0, 0.1) is 0 Å². The molecule has 3 fully saturated rings. The van der Waals surface area contributed by atoms with Gasteiger partial charge in [0.25, 0.3) is 0 Å². The van der Waals surface area contributed by atoms with E-state index in [0.29, 0.717) is 12.2 Å². The lowest BCUT2D eigenvalue weighted by Gasteiger charge is -2.19. The molecule has 11 heavy (non-hydrogen) atoms. The second kappa shape index (κ2) is 2.17. The molecular weight excluding hydrogens is 144 g/mol. The molecule has 3 heterocycles. The van der Waals surface area contributed by atoms with Crippen LogP contribution < -0.4 is 0 Å². The molecule has 0 radical (unpaired) electrons. The molecule has 0 aliphatic carbocycles. The molecule has 0 aromatic carbocycles. The quantitative estimate of drug-likeness (QED) is 0.462. The first-order valence-corrected chi connectivity index (χ1v) is 4.10. The summed E-state index contributed by atoms with van der Waals surface area (Å²) in [5, 5.41) is 0. The van der Waals surface area contributed by atoms with E-state index in [2.05, 4.69) is 9.80 Å². The Labute approximate surface area is 65.7 Å². The summed E-state index contributed by atoms with van der Waals surface area (Å²) in [5.41, 5.74) is 0. The van der Waals surface area contributed by atoms with Gasteiger partial charge in [0, 0.05) is 13.1 Å². The van der Waals surface area contributed by atoms with Crippen LogP contribution in [0.1, 0.15) is 0 Å². The van der Waals surface area contributed by atoms with E-state index < -0.39 is 0 Å². The Morgan fingerprint density at radius 2 is 1.45 bits per heavy atom. The van der Waals surface area contributed by atoms with E-state index in [1.807, 2.05) is 0 Å². The van der Waals surface area contributed by atoms with Crippen LogP contribution in [0.5, 0.6) is 0 Å². The zero-order chi connectivity index (χ0) is 7.26. The van der Waals surface area contributed by atoms with Gasteiger partial charge < -0.3 is 9.47 Å². The van der Waals surface area contributed by atoms with Crippen LogP contribution in [0.25, 0.3) is 0 Å². The average molecular weight is 156 g/mol. The lowest BCUT2D eigenvalue weighted by atomic mass is 10.2. The molecule has 62 valence electrons. The Bertz CT molecular complexity index is 158. The Morgan fingerprint density at radius 1 is 0.909 bits per heavy atom. The monoisotopic (exact) mass is 156 g/mol. The highest BCUT2D eigenvalue weighted by molar-refractivity contribution is 4.87. The molecule has 3 aliphatic heterocycles. The minimum atomic E-state index is 0.336. The lowest BCUT2D eigenvalue weighted by molar-refractivity contribution is -0.0102. The highest BCUT2D eigenvalue weighted by Crippen LogP contribution is 2.23. The summed E-state index contributed by atoms with van der Waals surface area (Å²) in [6.45, 7) is 4.72. The van der Waals surface area contributed by atoms with Crippen LogP contribution in [0.3, 0.4) is 0 Å². The maximum absolute atomic E-state index is 5.56. The molecule has 0 aromatic heterocycles. The zero-order valence-electron chi connectivity index (χ0n) is 6.40. The van der Waals surface area contributed by atoms with Gasteiger partial charge in [-0.2, -0.15) is 0 Å².